The largest absolute Gasteiger partial charge is 0.461 e. The molecular weight excluding hydrogens is 454 g/mol. The Morgan fingerprint density at radius 1 is 1.09 bits per heavy atom. The van der Waals surface area contributed by atoms with Crippen molar-refractivity contribution in [1.29, 1.82) is 0 Å². The molecule has 0 saturated heterocycles. The topological polar surface area (TPSA) is 55.4 Å². The number of rotatable bonds is 7. The highest BCUT2D eigenvalue weighted by atomic mass is 35.5. The molecule has 0 spiro atoms. The highest BCUT2D eigenvalue weighted by Crippen LogP contribution is 2.45. The quantitative estimate of drug-likeness (QED) is 0.388. The molecular formula is C27H28ClNO3S. The van der Waals surface area contributed by atoms with Gasteiger partial charge in [0.2, 0.25) is 0 Å². The number of esters is 1. The van der Waals surface area contributed by atoms with Crippen molar-refractivity contribution in [3.63, 3.8) is 0 Å². The lowest BCUT2D eigenvalue weighted by atomic mass is 9.72. The average Bonchev–Trinajstić information content (AvgIpc) is 2.82. The van der Waals surface area contributed by atoms with Crippen LogP contribution in [-0.2, 0) is 14.3 Å². The maximum absolute atomic E-state index is 13.5. The number of hydrogen-bond acceptors (Lipinski definition) is 5. The fourth-order valence-corrected chi connectivity index (χ4v) is 5.29. The number of ether oxygens (including phenoxy) is 1. The van der Waals surface area contributed by atoms with Crippen molar-refractivity contribution in [2.24, 2.45) is 0 Å². The fraction of sp³-hybridized carbons (Fsp3) is 0.333. The monoisotopic (exact) mass is 481 g/mol. The van der Waals surface area contributed by atoms with Gasteiger partial charge in [-0.3, -0.25) is 4.79 Å². The van der Waals surface area contributed by atoms with Crippen molar-refractivity contribution in [3.05, 3.63) is 93.3 Å². The van der Waals surface area contributed by atoms with E-state index in [-0.39, 0.29) is 17.7 Å². The minimum absolute atomic E-state index is 0.0666. The zero-order valence-electron chi connectivity index (χ0n) is 18.9. The Morgan fingerprint density at radius 3 is 2.52 bits per heavy atom. The summed E-state index contributed by atoms with van der Waals surface area (Å²) < 4.78 is 5.62. The predicted molar refractivity (Wildman–Crippen MR) is 134 cm³/mol. The second-order valence-corrected chi connectivity index (χ2v) is 10.1. The normalized spacial score (nSPS) is 20.4. The van der Waals surface area contributed by atoms with Crippen LogP contribution in [0, 0.1) is 0 Å². The Labute approximate surface area is 204 Å². The number of allylic oxidation sites excluding steroid dienone is 3. The van der Waals surface area contributed by atoms with E-state index in [0.717, 1.165) is 40.4 Å². The third-order valence-corrected chi connectivity index (χ3v) is 7.30. The molecule has 0 bridgehead atoms. The molecule has 1 aliphatic carbocycles. The van der Waals surface area contributed by atoms with Crippen molar-refractivity contribution in [2.45, 2.75) is 38.5 Å². The van der Waals surface area contributed by atoms with Gasteiger partial charge in [0.25, 0.3) is 0 Å². The number of nitrogens with one attached hydrogen (secondary N) is 1. The molecule has 4 nitrogen and oxygen atoms in total. The van der Waals surface area contributed by atoms with E-state index >= 15 is 0 Å². The van der Waals surface area contributed by atoms with E-state index in [1.54, 1.807) is 23.9 Å². The van der Waals surface area contributed by atoms with Gasteiger partial charge in [0.05, 0.1) is 5.57 Å². The van der Waals surface area contributed by atoms with E-state index in [1.165, 1.54) is 0 Å². The molecule has 6 heteroatoms. The second kappa shape index (κ2) is 10.6. The fourth-order valence-electron chi connectivity index (χ4n) is 4.67. The van der Waals surface area contributed by atoms with E-state index in [0.29, 0.717) is 29.2 Å². The van der Waals surface area contributed by atoms with Crippen molar-refractivity contribution < 1.29 is 14.3 Å². The third kappa shape index (κ3) is 5.20. The van der Waals surface area contributed by atoms with E-state index in [1.807, 2.05) is 37.3 Å². The Hall–Kier alpha value is -2.50. The predicted octanol–water partition coefficient (Wildman–Crippen LogP) is 6.00. The highest BCUT2D eigenvalue weighted by Gasteiger charge is 2.41. The first-order chi connectivity index (χ1) is 16.0. The molecule has 2 aliphatic rings. The summed E-state index contributed by atoms with van der Waals surface area (Å²) in [6.45, 7) is 4.31. The van der Waals surface area contributed by atoms with Crippen LogP contribution in [0.15, 0.2) is 77.1 Å². The summed E-state index contributed by atoms with van der Waals surface area (Å²) in [7, 11) is 0. The second-order valence-electron chi connectivity index (χ2n) is 8.31. The third-order valence-electron chi connectivity index (χ3n) is 6.19. The number of Topliss-reactive ketones (excluding diaryl/α,β-unsaturated/α-hetero) is 1. The molecule has 0 amide bonds. The van der Waals surface area contributed by atoms with Crippen LogP contribution in [0.3, 0.4) is 0 Å². The van der Waals surface area contributed by atoms with Crippen LogP contribution in [0.1, 0.15) is 49.7 Å². The maximum Gasteiger partial charge on any atom is 0.336 e. The van der Waals surface area contributed by atoms with Gasteiger partial charge in [-0.1, -0.05) is 61.0 Å². The molecule has 2 aromatic rings. The van der Waals surface area contributed by atoms with Crippen LogP contribution < -0.4 is 5.32 Å². The zero-order valence-corrected chi connectivity index (χ0v) is 20.5. The van der Waals surface area contributed by atoms with Crippen LogP contribution in [0.25, 0.3) is 0 Å². The van der Waals surface area contributed by atoms with E-state index in [9.17, 15) is 9.59 Å². The van der Waals surface area contributed by atoms with E-state index in [4.69, 9.17) is 16.3 Å². The molecule has 0 aromatic heterocycles. The van der Waals surface area contributed by atoms with Crippen molar-refractivity contribution in [2.75, 3.05) is 18.1 Å². The Morgan fingerprint density at radius 2 is 1.82 bits per heavy atom. The summed E-state index contributed by atoms with van der Waals surface area (Å²) in [6.07, 6.45) is 1.14. The van der Waals surface area contributed by atoms with Gasteiger partial charge in [0.15, 0.2) is 5.78 Å². The molecule has 172 valence electrons. The van der Waals surface area contributed by atoms with Crippen molar-refractivity contribution in [1.82, 2.24) is 5.32 Å². The van der Waals surface area contributed by atoms with Crippen molar-refractivity contribution >= 4 is 35.1 Å². The number of dihydropyridines is 1. The molecule has 33 heavy (non-hydrogen) atoms. The lowest BCUT2D eigenvalue weighted by Gasteiger charge is -2.36. The van der Waals surface area contributed by atoms with Crippen LogP contribution in [-0.4, -0.2) is 29.9 Å². The van der Waals surface area contributed by atoms with Gasteiger partial charge in [-0.2, -0.15) is 11.8 Å². The van der Waals surface area contributed by atoms with Gasteiger partial charge in [-0.25, -0.2) is 4.79 Å². The molecule has 1 aliphatic heterocycles. The smallest absolute Gasteiger partial charge is 0.336 e. The van der Waals surface area contributed by atoms with Crippen LogP contribution in [0.4, 0.5) is 0 Å². The minimum atomic E-state index is -0.464. The molecule has 1 N–H and O–H groups in total. The number of hydrogen-bond donors (Lipinski definition) is 1. The molecule has 0 unspecified atom stereocenters. The van der Waals surface area contributed by atoms with Crippen LogP contribution in [0.5, 0.6) is 0 Å². The van der Waals surface area contributed by atoms with Gasteiger partial charge >= 0.3 is 5.97 Å². The first kappa shape index (κ1) is 23.7. The Bertz CT molecular complexity index is 1090. The first-order valence-electron chi connectivity index (χ1n) is 11.3. The average molecular weight is 482 g/mol. The number of carbonyl (C=O) groups is 2. The number of thioether (sulfide) groups is 1. The summed E-state index contributed by atoms with van der Waals surface area (Å²) in [4.78, 5) is 26.7. The summed E-state index contributed by atoms with van der Waals surface area (Å²) in [5, 5.41) is 4.01. The van der Waals surface area contributed by atoms with Gasteiger partial charge in [-0.15, -0.1) is 0 Å². The van der Waals surface area contributed by atoms with Gasteiger partial charge in [-0.05, 0) is 48.3 Å². The standard InChI is InChI=1S/C27H28ClNO3S/c1-3-33-14-13-32-27(31)24-17(2)29-22-15-20(18-7-5-4-6-8-18)16-23(30)26(22)25(24)19-9-11-21(28)12-10-19/h4-12,20,25,29H,3,13-16H2,1-2H3/t20-,25-/m0/s1. The molecule has 1 heterocycles. The summed E-state index contributed by atoms with van der Waals surface area (Å²) >= 11 is 7.86. The molecule has 2 aromatic carbocycles. The number of carbonyl (C=O) groups excluding carboxylic acids is 2. The summed E-state index contributed by atoms with van der Waals surface area (Å²) in [6, 6.07) is 17.5. The van der Waals surface area contributed by atoms with E-state index < -0.39 is 5.92 Å². The molecule has 2 atom stereocenters. The Kier molecular flexibility index (Phi) is 7.61. The van der Waals surface area contributed by atoms with E-state index in [2.05, 4.69) is 24.4 Å². The first-order valence-corrected chi connectivity index (χ1v) is 12.8. The summed E-state index contributed by atoms with van der Waals surface area (Å²) in [5.74, 6) is 1.07. The highest BCUT2D eigenvalue weighted by molar-refractivity contribution is 7.99. The van der Waals surface area contributed by atoms with Crippen molar-refractivity contribution in [3.8, 4) is 0 Å². The minimum Gasteiger partial charge on any atom is -0.461 e. The van der Waals surface area contributed by atoms with Crippen LogP contribution in [0.2, 0.25) is 5.02 Å². The molecule has 0 radical (unpaired) electrons. The van der Waals surface area contributed by atoms with Crippen LogP contribution >= 0.6 is 23.4 Å². The number of halogens is 1. The molecule has 0 fully saturated rings. The molecule has 4 rings (SSSR count). The lowest BCUT2D eigenvalue weighted by molar-refractivity contribution is -0.138. The van der Waals surface area contributed by atoms with Gasteiger partial charge in [0.1, 0.15) is 6.61 Å². The lowest BCUT2D eigenvalue weighted by Crippen LogP contribution is -2.36. The van der Waals surface area contributed by atoms with Gasteiger partial charge in [0, 0.05) is 40.1 Å². The number of benzene rings is 2. The Balaban J connectivity index is 1.70. The zero-order chi connectivity index (χ0) is 23.4. The summed E-state index contributed by atoms with van der Waals surface area (Å²) in [5.41, 5.74) is 4.84. The number of ketones is 1. The maximum atomic E-state index is 13.5. The SMILES string of the molecule is CCSCCOC(=O)C1=C(C)NC2=C(C(=O)C[C@@H](c3ccccc3)C2)[C@H]1c1ccc(Cl)cc1. The van der Waals surface area contributed by atoms with Gasteiger partial charge < -0.3 is 10.1 Å². The molecule has 0 saturated carbocycles.